The number of allylic oxidation sites excluding steroid dienone is 3. The predicted molar refractivity (Wildman–Crippen MR) is 101 cm³/mol. The van der Waals surface area contributed by atoms with Crippen molar-refractivity contribution in [2.45, 2.75) is 52.4 Å². The van der Waals surface area contributed by atoms with Gasteiger partial charge >= 0.3 is 0 Å². The van der Waals surface area contributed by atoms with Crippen molar-refractivity contribution in [3.8, 4) is 6.07 Å². The number of pyridine rings is 1. The van der Waals surface area contributed by atoms with Crippen LogP contribution in [0.5, 0.6) is 0 Å². The van der Waals surface area contributed by atoms with Gasteiger partial charge in [0, 0.05) is 16.9 Å². The van der Waals surface area contributed by atoms with Gasteiger partial charge in [0.05, 0.1) is 11.5 Å². The molecule has 2 rings (SSSR count). The van der Waals surface area contributed by atoms with Crippen LogP contribution in [0.2, 0.25) is 0 Å². The van der Waals surface area contributed by atoms with Gasteiger partial charge in [-0.05, 0) is 65.6 Å². The molecule has 1 aliphatic carbocycles. The second-order valence-electron chi connectivity index (χ2n) is 6.64. The van der Waals surface area contributed by atoms with Crippen LogP contribution in [0.3, 0.4) is 0 Å². The summed E-state index contributed by atoms with van der Waals surface area (Å²) in [6, 6.07) is 4.59. The molecule has 0 amide bonds. The van der Waals surface area contributed by atoms with Crippen LogP contribution in [-0.2, 0) is 5.41 Å². The molecule has 0 spiro atoms. The van der Waals surface area contributed by atoms with Gasteiger partial charge in [-0.15, -0.1) is 6.58 Å². The normalized spacial score (nSPS) is 26.4. The number of hydrogen-bond donors (Lipinski definition) is 0. The minimum Gasteiger partial charge on any atom is -0.263 e. The summed E-state index contributed by atoms with van der Waals surface area (Å²) in [7, 11) is 0. The fraction of sp³-hybridized carbons (Fsp3) is 0.500. The Labute approximate surface area is 149 Å². The highest BCUT2D eigenvalue weighted by Crippen LogP contribution is 2.40. The topological polar surface area (TPSA) is 36.7 Å². The minimum absolute atomic E-state index is 0.418. The standard InChI is InChI=1S/C15H17BrN2.C5H10/c1-11-3-4-12(2)7-15(6-11,10-17)13-5-14(16)9-18-8-13;1-4-5(2)3/h3-5,8-9,11-12H,6-7H2,1-2H3;2,4H2,1,3H3. The molecule has 2 unspecified atom stereocenters. The van der Waals surface area contributed by atoms with Gasteiger partial charge in [0.2, 0.25) is 0 Å². The minimum atomic E-state index is -0.418. The van der Waals surface area contributed by atoms with E-state index in [-0.39, 0.29) is 0 Å². The highest BCUT2D eigenvalue weighted by atomic mass is 79.9. The molecule has 124 valence electrons. The second-order valence-corrected chi connectivity index (χ2v) is 7.56. The van der Waals surface area contributed by atoms with Crippen molar-refractivity contribution >= 4 is 15.9 Å². The SMILES string of the molecule is C=C(C)CC.CC1C=CC(C)CC(C#N)(c2cncc(Br)c2)C1. The molecule has 0 aliphatic heterocycles. The third-order valence-electron chi connectivity index (χ3n) is 4.18. The molecule has 0 saturated heterocycles. The van der Waals surface area contributed by atoms with Gasteiger partial charge < -0.3 is 0 Å². The zero-order chi connectivity index (χ0) is 17.5. The van der Waals surface area contributed by atoms with E-state index < -0.39 is 5.41 Å². The molecule has 2 nitrogen and oxygen atoms in total. The van der Waals surface area contributed by atoms with Crippen molar-refractivity contribution in [3.05, 3.63) is 52.8 Å². The Morgan fingerprint density at radius 2 is 1.87 bits per heavy atom. The number of nitrogens with zero attached hydrogens (tertiary/aromatic N) is 2. The Hall–Kier alpha value is -1.40. The van der Waals surface area contributed by atoms with Crippen LogP contribution in [0, 0.1) is 23.2 Å². The number of nitriles is 1. The van der Waals surface area contributed by atoms with E-state index in [1.165, 1.54) is 5.57 Å². The number of halogens is 1. The smallest absolute Gasteiger partial charge is 0.0848 e. The van der Waals surface area contributed by atoms with E-state index >= 15 is 0 Å². The molecule has 1 aromatic rings. The molecule has 0 N–H and O–H groups in total. The van der Waals surface area contributed by atoms with Crippen LogP contribution in [-0.4, -0.2) is 4.98 Å². The first-order valence-electron chi connectivity index (χ1n) is 8.18. The lowest BCUT2D eigenvalue weighted by atomic mass is 9.72. The van der Waals surface area contributed by atoms with Gasteiger partial charge in [-0.3, -0.25) is 4.98 Å². The summed E-state index contributed by atoms with van der Waals surface area (Å²) >= 11 is 3.44. The Kier molecular flexibility index (Phi) is 7.72. The monoisotopic (exact) mass is 374 g/mol. The fourth-order valence-corrected chi connectivity index (χ4v) is 3.13. The summed E-state index contributed by atoms with van der Waals surface area (Å²) in [5, 5.41) is 9.73. The number of hydrogen-bond acceptors (Lipinski definition) is 2. The van der Waals surface area contributed by atoms with Gasteiger partial charge in [0.25, 0.3) is 0 Å². The maximum Gasteiger partial charge on any atom is 0.0848 e. The summed E-state index contributed by atoms with van der Waals surface area (Å²) in [6.45, 7) is 12.1. The van der Waals surface area contributed by atoms with E-state index in [1.807, 2.05) is 19.2 Å². The van der Waals surface area contributed by atoms with Crippen molar-refractivity contribution in [3.63, 3.8) is 0 Å². The zero-order valence-electron chi connectivity index (χ0n) is 14.6. The number of rotatable bonds is 2. The highest BCUT2D eigenvalue weighted by molar-refractivity contribution is 9.10. The lowest BCUT2D eigenvalue weighted by Crippen LogP contribution is -2.27. The van der Waals surface area contributed by atoms with Crippen molar-refractivity contribution in [2.75, 3.05) is 0 Å². The van der Waals surface area contributed by atoms with E-state index in [0.29, 0.717) is 11.8 Å². The first-order valence-corrected chi connectivity index (χ1v) is 8.97. The summed E-state index contributed by atoms with van der Waals surface area (Å²) < 4.78 is 0.937. The van der Waals surface area contributed by atoms with Crippen molar-refractivity contribution < 1.29 is 0 Å². The fourth-order valence-electron chi connectivity index (χ4n) is 2.76. The van der Waals surface area contributed by atoms with Crippen LogP contribution >= 0.6 is 15.9 Å². The molecule has 1 heterocycles. The molecule has 0 aromatic carbocycles. The Morgan fingerprint density at radius 1 is 1.35 bits per heavy atom. The summed E-state index contributed by atoms with van der Waals surface area (Å²) in [5.74, 6) is 0.849. The molecule has 0 bridgehead atoms. The Balaban J connectivity index is 0.000000463. The van der Waals surface area contributed by atoms with Crippen molar-refractivity contribution in [1.29, 1.82) is 5.26 Å². The number of aromatic nitrogens is 1. The lowest BCUT2D eigenvalue weighted by molar-refractivity contribution is 0.395. The molecule has 3 heteroatoms. The van der Waals surface area contributed by atoms with Crippen LogP contribution in [0.1, 0.15) is 52.5 Å². The Bertz CT molecular complexity index is 584. The van der Waals surface area contributed by atoms with Crippen molar-refractivity contribution in [1.82, 2.24) is 4.98 Å². The third kappa shape index (κ3) is 5.95. The van der Waals surface area contributed by atoms with E-state index in [1.54, 1.807) is 6.20 Å². The zero-order valence-corrected chi connectivity index (χ0v) is 16.2. The Morgan fingerprint density at radius 3 is 2.26 bits per heavy atom. The maximum atomic E-state index is 9.73. The molecule has 1 aliphatic rings. The van der Waals surface area contributed by atoms with Crippen LogP contribution in [0.25, 0.3) is 0 Å². The summed E-state index contributed by atoms with van der Waals surface area (Å²) in [6.07, 6.45) is 10.9. The first-order chi connectivity index (χ1) is 10.8. The highest BCUT2D eigenvalue weighted by Gasteiger charge is 2.36. The maximum absolute atomic E-state index is 9.73. The van der Waals surface area contributed by atoms with Gasteiger partial charge in [0.15, 0.2) is 0 Å². The molecule has 0 radical (unpaired) electrons. The van der Waals surface area contributed by atoms with E-state index in [9.17, 15) is 5.26 Å². The van der Waals surface area contributed by atoms with Crippen molar-refractivity contribution in [2.24, 2.45) is 11.8 Å². The third-order valence-corrected chi connectivity index (χ3v) is 4.62. The second kappa shape index (κ2) is 9.03. The lowest BCUT2D eigenvalue weighted by Gasteiger charge is -2.28. The van der Waals surface area contributed by atoms with E-state index in [0.717, 1.165) is 29.3 Å². The molecule has 2 atom stereocenters. The largest absolute Gasteiger partial charge is 0.263 e. The van der Waals surface area contributed by atoms with Crippen LogP contribution in [0.15, 0.2) is 47.2 Å². The molecular weight excluding hydrogens is 348 g/mol. The molecule has 1 aromatic heterocycles. The van der Waals surface area contributed by atoms with Crippen LogP contribution < -0.4 is 0 Å². The quantitative estimate of drug-likeness (QED) is 0.577. The average Bonchev–Trinajstić information content (AvgIpc) is 2.67. The van der Waals surface area contributed by atoms with Gasteiger partial charge in [-0.25, -0.2) is 0 Å². The average molecular weight is 375 g/mol. The molecular formula is C20H27BrN2. The summed E-state index contributed by atoms with van der Waals surface area (Å²) in [5.41, 5.74) is 1.87. The van der Waals surface area contributed by atoms with Gasteiger partial charge in [-0.1, -0.05) is 38.5 Å². The first kappa shape index (κ1) is 19.6. The van der Waals surface area contributed by atoms with Gasteiger partial charge in [0.1, 0.15) is 0 Å². The predicted octanol–water partition coefficient (Wildman–Crippen LogP) is 6.20. The summed E-state index contributed by atoms with van der Waals surface area (Å²) in [4.78, 5) is 4.21. The molecule has 0 fully saturated rings. The van der Waals surface area contributed by atoms with E-state index in [4.69, 9.17) is 0 Å². The van der Waals surface area contributed by atoms with Crippen LogP contribution in [0.4, 0.5) is 0 Å². The van der Waals surface area contributed by atoms with Gasteiger partial charge in [-0.2, -0.15) is 5.26 Å². The molecule has 23 heavy (non-hydrogen) atoms. The molecule has 0 saturated carbocycles. The van der Waals surface area contributed by atoms with E-state index in [2.05, 4.69) is 66.5 Å².